The van der Waals surface area contributed by atoms with Crippen molar-refractivity contribution >= 4 is 11.1 Å². The number of aromatic nitrogens is 1. The van der Waals surface area contributed by atoms with Gasteiger partial charge in [-0.15, -0.1) is 0 Å². The molecule has 0 spiro atoms. The largest absolute Gasteiger partial charge is 0.440 e. The van der Waals surface area contributed by atoms with Crippen molar-refractivity contribution in [2.45, 2.75) is 71.4 Å². The Hall–Kier alpha value is -1.35. The molecule has 2 atom stereocenters. The minimum atomic E-state index is 0.240. The third-order valence-electron chi connectivity index (χ3n) is 4.96. The number of hydrogen-bond donors (Lipinski definition) is 0. The lowest BCUT2D eigenvalue weighted by Crippen LogP contribution is -2.51. The molecule has 0 unspecified atom stereocenters. The molecule has 120 valence electrons. The fraction of sp³-hybridized carbons (Fsp3) is 0.632. The number of benzene rings is 1. The molecular weight excluding hydrogens is 272 g/mol. The minimum Gasteiger partial charge on any atom is -0.440 e. The zero-order valence-corrected chi connectivity index (χ0v) is 14.5. The van der Waals surface area contributed by atoms with Gasteiger partial charge in [-0.3, -0.25) is 4.90 Å². The van der Waals surface area contributed by atoms with Crippen molar-refractivity contribution in [1.82, 2.24) is 9.88 Å². The molecule has 0 bridgehead atoms. The Morgan fingerprint density at radius 3 is 2.77 bits per heavy atom. The maximum Gasteiger partial charge on any atom is 0.198 e. The smallest absolute Gasteiger partial charge is 0.198 e. The van der Waals surface area contributed by atoms with Crippen LogP contribution in [-0.4, -0.2) is 28.0 Å². The molecule has 0 aliphatic carbocycles. The summed E-state index contributed by atoms with van der Waals surface area (Å²) in [6.45, 7) is 12.5. The average Bonchev–Trinajstić information content (AvgIpc) is 2.88. The number of oxazole rings is 1. The molecule has 2 heterocycles. The monoisotopic (exact) mass is 300 g/mol. The van der Waals surface area contributed by atoms with Crippen LogP contribution in [0.4, 0.5) is 0 Å². The Bertz CT molecular complexity index is 653. The van der Waals surface area contributed by atoms with Gasteiger partial charge < -0.3 is 4.42 Å². The van der Waals surface area contributed by atoms with Gasteiger partial charge in [0.05, 0.1) is 0 Å². The number of piperidine rings is 1. The lowest BCUT2D eigenvalue weighted by molar-refractivity contribution is 0.0381. The van der Waals surface area contributed by atoms with Crippen LogP contribution in [0.2, 0.25) is 0 Å². The van der Waals surface area contributed by atoms with E-state index in [1.165, 1.54) is 12.0 Å². The third kappa shape index (κ3) is 2.91. The van der Waals surface area contributed by atoms with Crippen molar-refractivity contribution < 1.29 is 4.42 Å². The van der Waals surface area contributed by atoms with Crippen molar-refractivity contribution in [2.24, 2.45) is 0 Å². The lowest BCUT2D eigenvalue weighted by Gasteiger charge is -2.46. The number of likely N-dealkylation sites (tertiary alicyclic amines) is 1. The van der Waals surface area contributed by atoms with Crippen LogP contribution in [0.25, 0.3) is 11.1 Å². The molecule has 1 aliphatic heterocycles. The molecule has 0 radical (unpaired) electrons. The molecule has 1 fully saturated rings. The number of nitrogens with zero attached hydrogens (tertiary/aromatic N) is 2. The number of rotatable bonds is 2. The second-order valence-electron chi connectivity index (χ2n) is 7.67. The highest BCUT2D eigenvalue weighted by atomic mass is 16.3. The highest BCUT2D eigenvalue weighted by molar-refractivity contribution is 5.73. The summed E-state index contributed by atoms with van der Waals surface area (Å²) in [7, 11) is 0. The van der Waals surface area contributed by atoms with Gasteiger partial charge in [-0.25, -0.2) is 4.98 Å². The summed E-state index contributed by atoms with van der Waals surface area (Å²) < 4.78 is 6.05. The number of hydrogen-bond acceptors (Lipinski definition) is 3. The zero-order valence-electron chi connectivity index (χ0n) is 14.5. The van der Waals surface area contributed by atoms with Gasteiger partial charge in [0.1, 0.15) is 5.52 Å². The Kier molecular flexibility index (Phi) is 4.02. The Labute approximate surface area is 133 Å². The van der Waals surface area contributed by atoms with Crippen LogP contribution in [0.5, 0.6) is 0 Å². The Balaban J connectivity index is 1.83. The molecule has 1 aliphatic rings. The van der Waals surface area contributed by atoms with Crippen molar-refractivity contribution in [3.63, 3.8) is 0 Å². The molecule has 1 aromatic heterocycles. The molecule has 3 rings (SSSR count). The van der Waals surface area contributed by atoms with Crippen LogP contribution in [0.1, 0.15) is 64.3 Å². The minimum absolute atomic E-state index is 0.240. The molecule has 0 N–H and O–H groups in total. The van der Waals surface area contributed by atoms with Crippen LogP contribution in [0.3, 0.4) is 0 Å². The van der Waals surface area contributed by atoms with E-state index in [2.05, 4.69) is 51.7 Å². The van der Waals surface area contributed by atoms with E-state index in [9.17, 15) is 0 Å². The predicted octanol–water partition coefficient (Wildman–Crippen LogP) is 4.89. The van der Waals surface area contributed by atoms with Gasteiger partial charge in [-0.1, -0.05) is 13.0 Å². The van der Waals surface area contributed by atoms with Gasteiger partial charge in [-0.05, 0) is 71.2 Å². The van der Waals surface area contributed by atoms with Gasteiger partial charge >= 0.3 is 0 Å². The quantitative estimate of drug-likeness (QED) is 0.790. The van der Waals surface area contributed by atoms with E-state index in [-0.39, 0.29) is 5.54 Å². The maximum atomic E-state index is 6.05. The topological polar surface area (TPSA) is 29.3 Å². The fourth-order valence-corrected chi connectivity index (χ4v) is 3.78. The highest BCUT2D eigenvalue weighted by Crippen LogP contribution is 2.36. The second kappa shape index (κ2) is 5.69. The Morgan fingerprint density at radius 1 is 1.32 bits per heavy atom. The second-order valence-corrected chi connectivity index (χ2v) is 7.67. The fourth-order valence-electron chi connectivity index (χ4n) is 3.78. The van der Waals surface area contributed by atoms with Crippen molar-refractivity contribution in [3.05, 3.63) is 29.7 Å². The summed E-state index contributed by atoms with van der Waals surface area (Å²) >= 11 is 0. The van der Waals surface area contributed by atoms with Gasteiger partial charge in [-0.2, -0.15) is 0 Å². The first-order valence-electron chi connectivity index (χ1n) is 8.52. The van der Waals surface area contributed by atoms with Crippen LogP contribution in [0, 0.1) is 6.92 Å². The van der Waals surface area contributed by atoms with Gasteiger partial charge in [0.25, 0.3) is 0 Å². The van der Waals surface area contributed by atoms with E-state index >= 15 is 0 Å². The lowest BCUT2D eigenvalue weighted by atomic mass is 9.86. The van der Waals surface area contributed by atoms with E-state index in [0.29, 0.717) is 12.0 Å². The van der Waals surface area contributed by atoms with Crippen LogP contribution >= 0.6 is 0 Å². The van der Waals surface area contributed by atoms with Crippen LogP contribution in [0.15, 0.2) is 22.6 Å². The highest BCUT2D eigenvalue weighted by Gasteiger charge is 2.35. The van der Waals surface area contributed by atoms with Gasteiger partial charge in [0.2, 0.25) is 0 Å². The first kappa shape index (κ1) is 15.5. The average molecular weight is 300 g/mol. The normalized spacial score (nSPS) is 24.0. The zero-order chi connectivity index (χ0) is 15.9. The molecule has 22 heavy (non-hydrogen) atoms. The summed E-state index contributed by atoms with van der Waals surface area (Å²) in [6.07, 6.45) is 3.48. The summed E-state index contributed by atoms with van der Waals surface area (Å²) in [6, 6.07) is 6.87. The molecular formula is C19H28N2O. The van der Waals surface area contributed by atoms with Crippen molar-refractivity contribution in [3.8, 4) is 0 Å². The molecule has 3 nitrogen and oxygen atoms in total. The van der Waals surface area contributed by atoms with Gasteiger partial charge in [0, 0.05) is 17.5 Å². The molecule has 1 aromatic carbocycles. The predicted molar refractivity (Wildman–Crippen MR) is 91.3 cm³/mol. The third-order valence-corrected chi connectivity index (χ3v) is 4.96. The maximum absolute atomic E-state index is 6.05. The Morgan fingerprint density at radius 2 is 2.09 bits per heavy atom. The molecule has 2 aromatic rings. The van der Waals surface area contributed by atoms with E-state index < -0.39 is 0 Å². The first-order valence-corrected chi connectivity index (χ1v) is 8.52. The van der Waals surface area contributed by atoms with E-state index in [1.807, 2.05) is 6.07 Å². The standard InChI is InChI=1S/C19H28N2O/c1-6-15-12-14(9-10-21(15)19(3,4)5)18-20-16-11-13(2)7-8-17(16)22-18/h7-8,11,14-15H,6,9-10,12H2,1-5H3/t14-,15+/m1/s1. The number of fused-ring (bicyclic) bond motifs is 1. The van der Waals surface area contributed by atoms with Crippen LogP contribution in [-0.2, 0) is 0 Å². The molecule has 0 saturated carbocycles. The van der Waals surface area contributed by atoms with Gasteiger partial charge in [0.15, 0.2) is 11.5 Å². The molecule has 0 amide bonds. The summed E-state index contributed by atoms with van der Waals surface area (Å²) in [5, 5.41) is 0. The van der Waals surface area contributed by atoms with Crippen molar-refractivity contribution in [2.75, 3.05) is 6.54 Å². The molecule has 3 heteroatoms. The summed E-state index contributed by atoms with van der Waals surface area (Å²) in [5.41, 5.74) is 3.40. The molecule has 1 saturated heterocycles. The van der Waals surface area contributed by atoms with E-state index in [4.69, 9.17) is 9.40 Å². The van der Waals surface area contributed by atoms with E-state index in [1.54, 1.807) is 0 Å². The summed E-state index contributed by atoms with van der Waals surface area (Å²) in [5.74, 6) is 1.39. The number of aryl methyl sites for hydroxylation is 1. The SMILES string of the molecule is CC[C@H]1C[C@H](c2nc3cc(C)ccc3o2)CCN1C(C)(C)C. The summed E-state index contributed by atoms with van der Waals surface area (Å²) in [4.78, 5) is 7.42. The van der Waals surface area contributed by atoms with E-state index in [0.717, 1.165) is 36.4 Å². The van der Waals surface area contributed by atoms with Crippen LogP contribution < -0.4 is 0 Å². The van der Waals surface area contributed by atoms with Crippen molar-refractivity contribution in [1.29, 1.82) is 0 Å². The first-order chi connectivity index (χ1) is 10.4.